The lowest BCUT2D eigenvalue weighted by Crippen LogP contribution is -2.16. The minimum absolute atomic E-state index is 0.0561. The van der Waals surface area contributed by atoms with Crippen LogP contribution in [0.2, 0.25) is 0 Å². The quantitative estimate of drug-likeness (QED) is 0.603. The molecule has 0 amide bonds. The van der Waals surface area contributed by atoms with Crippen LogP contribution < -0.4 is 0 Å². The maximum atomic E-state index is 8.52. The van der Waals surface area contributed by atoms with Crippen LogP contribution in [0.25, 0.3) is 0 Å². The maximum absolute atomic E-state index is 8.52. The SMILES string of the molecule is CC(C#N)OCCCC(C)OC(C)C#N. The number of rotatable bonds is 7. The Morgan fingerprint density at radius 1 is 1.07 bits per heavy atom. The zero-order valence-corrected chi connectivity index (χ0v) is 9.56. The molecule has 15 heavy (non-hydrogen) atoms. The number of nitriles is 2. The predicted molar refractivity (Wildman–Crippen MR) is 55.9 cm³/mol. The van der Waals surface area contributed by atoms with Crippen molar-refractivity contribution in [1.82, 2.24) is 0 Å². The molecule has 0 radical (unpaired) electrons. The van der Waals surface area contributed by atoms with Crippen LogP contribution in [0.15, 0.2) is 0 Å². The molecule has 0 aromatic carbocycles. The number of ether oxygens (including phenoxy) is 2. The van der Waals surface area contributed by atoms with Gasteiger partial charge in [0.1, 0.15) is 12.2 Å². The van der Waals surface area contributed by atoms with Gasteiger partial charge in [0.2, 0.25) is 0 Å². The van der Waals surface area contributed by atoms with Gasteiger partial charge in [-0.1, -0.05) is 0 Å². The number of hydrogen-bond acceptors (Lipinski definition) is 4. The summed E-state index contributed by atoms with van der Waals surface area (Å²) in [7, 11) is 0. The molecule has 0 heterocycles. The molecule has 84 valence electrons. The normalized spacial score (nSPS) is 16.1. The molecule has 0 saturated carbocycles. The van der Waals surface area contributed by atoms with Crippen LogP contribution in [-0.2, 0) is 9.47 Å². The smallest absolute Gasteiger partial charge is 0.141 e. The minimum Gasteiger partial charge on any atom is -0.364 e. The fourth-order valence-corrected chi connectivity index (χ4v) is 1.12. The van der Waals surface area contributed by atoms with Gasteiger partial charge in [-0.15, -0.1) is 0 Å². The highest BCUT2D eigenvalue weighted by atomic mass is 16.5. The molecule has 0 rings (SSSR count). The molecule has 4 heteroatoms. The van der Waals surface area contributed by atoms with E-state index in [1.807, 2.05) is 19.1 Å². The Morgan fingerprint density at radius 3 is 2.20 bits per heavy atom. The van der Waals surface area contributed by atoms with Gasteiger partial charge in [-0.05, 0) is 33.6 Å². The second-order valence-electron chi connectivity index (χ2n) is 3.50. The van der Waals surface area contributed by atoms with Gasteiger partial charge in [0, 0.05) is 6.61 Å². The topological polar surface area (TPSA) is 66.0 Å². The van der Waals surface area contributed by atoms with Crippen molar-refractivity contribution in [1.29, 1.82) is 10.5 Å². The third-order valence-electron chi connectivity index (χ3n) is 1.92. The Bertz CT molecular complexity index is 242. The van der Waals surface area contributed by atoms with Gasteiger partial charge in [-0.25, -0.2) is 0 Å². The standard InChI is InChI=1S/C11H18N2O2/c1-9(15-11(3)8-13)5-4-6-14-10(2)7-12/h9-11H,4-6H2,1-3H3. The molecule has 0 aromatic rings. The molecule has 0 saturated heterocycles. The maximum Gasteiger partial charge on any atom is 0.141 e. The van der Waals surface area contributed by atoms with Crippen molar-refractivity contribution in [2.24, 2.45) is 0 Å². The van der Waals surface area contributed by atoms with E-state index in [4.69, 9.17) is 20.0 Å². The summed E-state index contributed by atoms with van der Waals surface area (Å²) in [4.78, 5) is 0. The summed E-state index contributed by atoms with van der Waals surface area (Å²) in [5, 5.41) is 17.0. The van der Waals surface area contributed by atoms with E-state index in [1.54, 1.807) is 13.8 Å². The number of nitrogens with zero attached hydrogens (tertiary/aromatic N) is 2. The van der Waals surface area contributed by atoms with Crippen LogP contribution in [0.5, 0.6) is 0 Å². The van der Waals surface area contributed by atoms with E-state index in [0.717, 1.165) is 12.8 Å². The molecular formula is C11H18N2O2. The summed E-state index contributed by atoms with van der Waals surface area (Å²) in [5.41, 5.74) is 0. The average Bonchev–Trinajstić information content (AvgIpc) is 2.23. The van der Waals surface area contributed by atoms with Crippen molar-refractivity contribution in [2.45, 2.75) is 51.9 Å². The van der Waals surface area contributed by atoms with E-state index in [1.165, 1.54) is 0 Å². The predicted octanol–water partition coefficient (Wildman–Crippen LogP) is 2.01. The summed E-state index contributed by atoms with van der Waals surface area (Å²) in [6, 6.07) is 4.01. The highest BCUT2D eigenvalue weighted by Gasteiger charge is 2.07. The van der Waals surface area contributed by atoms with E-state index >= 15 is 0 Å². The van der Waals surface area contributed by atoms with Crippen molar-refractivity contribution >= 4 is 0 Å². The summed E-state index contributed by atoms with van der Waals surface area (Å²) < 4.78 is 10.5. The Morgan fingerprint density at radius 2 is 1.67 bits per heavy atom. The van der Waals surface area contributed by atoms with Crippen LogP contribution in [0.3, 0.4) is 0 Å². The molecular weight excluding hydrogens is 192 g/mol. The van der Waals surface area contributed by atoms with Crippen molar-refractivity contribution < 1.29 is 9.47 Å². The Hall–Kier alpha value is -1.10. The first-order chi connectivity index (χ1) is 7.10. The van der Waals surface area contributed by atoms with Gasteiger partial charge in [-0.3, -0.25) is 0 Å². The Labute approximate surface area is 91.4 Å². The van der Waals surface area contributed by atoms with E-state index in [-0.39, 0.29) is 18.3 Å². The third kappa shape index (κ3) is 7.93. The van der Waals surface area contributed by atoms with Crippen LogP contribution in [0.1, 0.15) is 33.6 Å². The molecule has 4 nitrogen and oxygen atoms in total. The lowest BCUT2D eigenvalue weighted by atomic mass is 10.2. The molecule has 0 aromatic heterocycles. The van der Waals surface area contributed by atoms with E-state index in [9.17, 15) is 0 Å². The van der Waals surface area contributed by atoms with E-state index < -0.39 is 0 Å². The second-order valence-corrected chi connectivity index (χ2v) is 3.50. The molecule has 3 atom stereocenters. The Balaban J connectivity index is 3.44. The summed E-state index contributed by atoms with van der Waals surface area (Å²) >= 11 is 0. The highest BCUT2D eigenvalue weighted by molar-refractivity contribution is 4.80. The monoisotopic (exact) mass is 210 g/mol. The molecule has 0 N–H and O–H groups in total. The van der Waals surface area contributed by atoms with Crippen molar-refractivity contribution in [3.05, 3.63) is 0 Å². The fraction of sp³-hybridized carbons (Fsp3) is 0.818. The Kier molecular flexibility index (Phi) is 7.62. The van der Waals surface area contributed by atoms with Crippen LogP contribution >= 0.6 is 0 Å². The highest BCUT2D eigenvalue weighted by Crippen LogP contribution is 2.05. The largest absolute Gasteiger partial charge is 0.364 e. The number of hydrogen-bond donors (Lipinski definition) is 0. The molecule has 0 fully saturated rings. The zero-order valence-electron chi connectivity index (χ0n) is 9.56. The molecule has 3 unspecified atom stereocenters. The molecule has 0 aliphatic carbocycles. The zero-order chi connectivity index (χ0) is 11.7. The minimum atomic E-state index is -0.362. The average molecular weight is 210 g/mol. The summed E-state index contributed by atoms with van der Waals surface area (Å²) in [5.74, 6) is 0. The van der Waals surface area contributed by atoms with Gasteiger partial charge in [0.15, 0.2) is 0 Å². The van der Waals surface area contributed by atoms with E-state index in [2.05, 4.69) is 0 Å². The molecule has 0 spiro atoms. The van der Waals surface area contributed by atoms with Gasteiger partial charge in [0.05, 0.1) is 18.2 Å². The summed E-state index contributed by atoms with van der Waals surface area (Å²) in [6.45, 7) is 5.94. The first kappa shape index (κ1) is 13.9. The van der Waals surface area contributed by atoms with Gasteiger partial charge >= 0.3 is 0 Å². The van der Waals surface area contributed by atoms with Crippen molar-refractivity contribution in [3.8, 4) is 12.1 Å². The summed E-state index contributed by atoms with van der Waals surface area (Å²) in [6.07, 6.45) is 1.02. The van der Waals surface area contributed by atoms with Crippen LogP contribution in [0, 0.1) is 22.7 Å². The van der Waals surface area contributed by atoms with Crippen molar-refractivity contribution in [2.75, 3.05) is 6.61 Å². The van der Waals surface area contributed by atoms with Crippen molar-refractivity contribution in [3.63, 3.8) is 0 Å². The molecule has 0 aliphatic rings. The second kappa shape index (κ2) is 8.23. The third-order valence-corrected chi connectivity index (χ3v) is 1.92. The fourth-order valence-electron chi connectivity index (χ4n) is 1.12. The first-order valence-corrected chi connectivity index (χ1v) is 5.16. The van der Waals surface area contributed by atoms with Gasteiger partial charge in [-0.2, -0.15) is 10.5 Å². The molecule has 0 aliphatic heterocycles. The van der Waals surface area contributed by atoms with E-state index in [0.29, 0.717) is 6.61 Å². The lowest BCUT2D eigenvalue weighted by molar-refractivity contribution is 0.0227. The lowest BCUT2D eigenvalue weighted by Gasteiger charge is -2.14. The van der Waals surface area contributed by atoms with Crippen LogP contribution in [0.4, 0.5) is 0 Å². The molecule has 0 bridgehead atoms. The first-order valence-electron chi connectivity index (χ1n) is 5.16. The van der Waals surface area contributed by atoms with Crippen LogP contribution in [-0.4, -0.2) is 24.9 Å². The van der Waals surface area contributed by atoms with Gasteiger partial charge < -0.3 is 9.47 Å². The van der Waals surface area contributed by atoms with Gasteiger partial charge in [0.25, 0.3) is 0 Å².